The first kappa shape index (κ1) is 21.3. The van der Waals surface area contributed by atoms with Crippen molar-refractivity contribution in [2.24, 2.45) is 5.73 Å². The standard InChI is InChI=1S/C25H19ClN2O4/c1-2-30-18-9-5-15(6-10-18)23-20-12-11-19(13-22(20)32-24(28)21(23)14-27)31-25(29)16-3-7-17(26)8-4-16/h3-13,23H,2,28H2,1H3. The van der Waals surface area contributed by atoms with E-state index in [0.29, 0.717) is 34.3 Å². The summed E-state index contributed by atoms with van der Waals surface area (Å²) in [6.45, 7) is 2.48. The fourth-order valence-electron chi connectivity index (χ4n) is 3.52. The third-order valence-corrected chi connectivity index (χ3v) is 5.26. The number of nitrogens with zero attached hydrogens (tertiary/aromatic N) is 1. The maximum atomic E-state index is 12.4. The van der Waals surface area contributed by atoms with E-state index in [1.54, 1.807) is 42.5 Å². The highest BCUT2D eigenvalue weighted by molar-refractivity contribution is 6.30. The molecule has 0 saturated heterocycles. The second-order valence-corrected chi connectivity index (χ2v) is 7.46. The largest absolute Gasteiger partial charge is 0.494 e. The third kappa shape index (κ3) is 4.25. The van der Waals surface area contributed by atoms with Gasteiger partial charge in [0.2, 0.25) is 5.88 Å². The first-order valence-electron chi connectivity index (χ1n) is 9.92. The van der Waals surface area contributed by atoms with Gasteiger partial charge in [-0.1, -0.05) is 29.8 Å². The lowest BCUT2D eigenvalue weighted by atomic mass is 9.83. The minimum Gasteiger partial charge on any atom is -0.494 e. The second kappa shape index (κ2) is 9.04. The molecule has 0 bridgehead atoms. The second-order valence-electron chi connectivity index (χ2n) is 7.02. The predicted octanol–water partition coefficient (Wildman–Crippen LogP) is 5.18. The van der Waals surface area contributed by atoms with Gasteiger partial charge in [-0.3, -0.25) is 0 Å². The molecule has 32 heavy (non-hydrogen) atoms. The number of ether oxygens (including phenoxy) is 3. The molecule has 2 N–H and O–H groups in total. The number of nitriles is 1. The number of fused-ring (bicyclic) bond motifs is 1. The third-order valence-electron chi connectivity index (χ3n) is 5.01. The molecule has 6 nitrogen and oxygen atoms in total. The van der Waals surface area contributed by atoms with Crippen molar-refractivity contribution in [3.8, 4) is 23.3 Å². The molecule has 0 saturated carbocycles. The van der Waals surface area contributed by atoms with E-state index < -0.39 is 11.9 Å². The topological polar surface area (TPSA) is 94.6 Å². The summed E-state index contributed by atoms with van der Waals surface area (Å²) in [6.07, 6.45) is 0. The molecule has 160 valence electrons. The van der Waals surface area contributed by atoms with Gasteiger partial charge in [0.1, 0.15) is 28.9 Å². The molecule has 1 aliphatic rings. The highest BCUT2D eigenvalue weighted by Crippen LogP contribution is 2.43. The van der Waals surface area contributed by atoms with E-state index in [4.69, 9.17) is 31.5 Å². The van der Waals surface area contributed by atoms with Crippen molar-refractivity contribution < 1.29 is 19.0 Å². The van der Waals surface area contributed by atoms with Crippen molar-refractivity contribution in [2.45, 2.75) is 12.8 Å². The summed E-state index contributed by atoms with van der Waals surface area (Å²) in [5.41, 5.74) is 8.34. The van der Waals surface area contributed by atoms with Gasteiger partial charge in [-0.2, -0.15) is 5.26 Å². The van der Waals surface area contributed by atoms with Crippen LogP contribution in [0.1, 0.15) is 34.3 Å². The number of benzene rings is 3. The lowest BCUT2D eigenvalue weighted by Crippen LogP contribution is -2.21. The molecule has 3 aromatic carbocycles. The van der Waals surface area contributed by atoms with Crippen molar-refractivity contribution in [3.05, 3.63) is 99.9 Å². The zero-order chi connectivity index (χ0) is 22.7. The van der Waals surface area contributed by atoms with E-state index in [1.165, 1.54) is 0 Å². The number of allylic oxidation sites excluding steroid dienone is 1. The summed E-state index contributed by atoms with van der Waals surface area (Å²) in [7, 11) is 0. The van der Waals surface area contributed by atoms with Crippen molar-refractivity contribution in [1.29, 1.82) is 5.26 Å². The molecule has 1 heterocycles. The first-order valence-corrected chi connectivity index (χ1v) is 10.3. The molecular weight excluding hydrogens is 428 g/mol. The molecule has 0 fully saturated rings. The number of rotatable bonds is 5. The molecule has 0 amide bonds. The minimum absolute atomic E-state index is 0.0139. The number of halogens is 1. The van der Waals surface area contributed by atoms with Crippen LogP contribution in [0.5, 0.6) is 17.2 Å². The van der Waals surface area contributed by atoms with Crippen LogP contribution in [0.2, 0.25) is 5.02 Å². The maximum Gasteiger partial charge on any atom is 0.343 e. The number of hydrogen-bond acceptors (Lipinski definition) is 6. The van der Waals surface area contributed by atoms with Gasteiger partial charge in [-0.25, -0.2) is 4.79 Å². The zero-order valence-electron chi connectivity index (χ0n) is 17.2. The fraction of sp³-hybridized carbons (Fsp3) is 0.120. The molecule has 3 aromatic rings. The van der Waals surface area contributed by atoms with E-state index >= 15 is 0 Å². The Bertz CT molecular complexity index is 1230. The number of carbonyl (C=O) groups is 1. The Morgan fingerprint density at radius 1 is 1.09 bits per heavy atom. The molecule has 1 unspecified atom stereocenters. The van der Waals surface area contributed by atoms with Crippen LogP contribution in [0.4, 0.5) is 0 Å². The van der Waals surface area contributed by atoms with E-state index in [2.05, 4.69) is 6.07 Å². The van der Waals surface area contributed by atoms with Crippen molar-refractivity contribution >= 4 is 17.6 Å². The molecule has 1 aliphatic heterocycles. The average molecular weight is 447 g/mol. The monoisotopic (exact) mass is 446 g/mol. The quantitative estimate of drug-likeness (QED) is 0.429. The number of hydrogen-bond donors (Lipinski definition) is 1. The van der Waals surface area contributed by atoms with Gasteiger partial charge in [-0.05, 0) is 55.0 Å². The summed E-state index contributed by atoms with van der Waals surface area (Å²) in [5.74, 6) is 0.523. The minimum atomic E-state index is -0.526. The molecule has 0 spiro atoms. The molecule has 0 radical (unpaired) electrons. The van der Waals surface area contributed by atoms with Gasteiger partial charge >= 0.3 is 5.97 Å². The van der Waals surface area contributed by atoms with E-state index in [1.807, 2.05) is 31.2 Å². The van der Waals surface area contributed by atoms with Gasteiger partial charge in [0, 0.05) is 16.7 Å². The molecule has 0 aromatic heterocycles. The van der Waals surface area contributed by atoms with E-state index in [9.17, 15) is 10.1 Å². The Kier molecular flexibility index (Phi) is 6.02. The average Bonchev–Trinajstić information content (AvgIpc) is 2.79. The SMILES string of the molecule is CCOc1ccc(C2C(C#N)=C(N)Oc3cc(OC(=O)c4ccc(Cl)cc4)ccc32)cc1. The summed E-state index contributed by atoms with van der Waals surface area (Å²) >= 11 is 5.87. The lowest BCUT2D eigenvalue weighted by molar-refractivity contribution is 0.0734. The molecule has 0 aliphatic carbocycles. The zero-order valence-corrected chi connectivity index (χ0v) is 17.9. The highest BCUT2D eigenvalue weighted by Gasteiger charge is 2.31. The number of carbonyl (C=O) groups excluding carboxylic acids is 1. The van der Waals surface area contributed by atoms with Crippen LogP contribution in [-0.4, -0.2) is 12.6 Å². The molecular formula is C25H19ClN2O4. The number of esters is 1. The van der Waals surface area contributed by atoms with Crippen LogP contribution < -0.4 is 19.9 Å². The highest BCUT2D eigenvalue weighted by atomic mass is 35.5. The summed E-state index contributed by atoms with van der Waals surface area (Å²) in [5, 5.41) is 10.2. The number of nitrogens with two attached hydrogens (primary N) is 1. The summed E-state index contributed by atoms with van der Waals surface area (Å²) < 4.78 is 16.7. The molecule has 7 heteroatoms. The normalized spacial score (nSPS) is 14.7. The predicted molar refractivity (Wildman–Crippen MR) is 120 cm³/mol. The van der Waals surface area contributed by atoms with Crippen LogP contribution in [0.15, 0.2) is 78.2 Å². The summed E-state index contributed by atoms with van der Waals surface area (Å²) in [6, 6.07) is 21.1. The van der Waals surface area contributed by atoms with Crippen LogP contribution in [0, 0.1) is 11.3 Å². The Balaban J connectivity index is 1.65. The Labute approximate surface area is 190 Å². The van der Waals surface area contributed by atoms with Crippen LogP contribution in [0.25, 0.3) is 0 Å². The maximum absolute atomic E-state index is 12.4. The Hall–Kier alpha value is -3.95. The van der Waals surface area contributed by atoms with Gasteiger partial charge in [-0.15, -0.1) is 0 Å². The van der Waals surface area contributed by atoms with Gasteiger partial charge in [0.15, 0.2) is 0 Å². The Morgan fingerprint density at radius 3 is 2.44 bits per heavy atom. The van der Waals surface area contributed by atoms with Crippen LogP contribution in [0.3, 0.4) is 0 Å². The fourth-order valence-corrected chi connectivity index (χ4v) is 3.64. The summed E-state index contributed by atoms with van der Waals surface area (Å²) in [4.78, 5) is 12.4. The van der Waals surface area contributed by atoms with Crippen LogP contribution in [-0.2, 0) is 0 Å². The Morgan fingerprint density at radius 2 is 1.78 bits per heavy atom. The van der Waals surface area contributed by atoms with Gasteiger partial charge < -0.3 is 19.9 Å². The van der Waals surface area contributed by atoms with Crippen molar-refractivity contribution in [1.82, 2.24) is 0 Å². The molecule has 4 rings (SSSR count). The lowest BCUT2D eigenvalue weighted by Gasteiger charge is -2.26. The molecule has 1 atom stereocenters. The van der Waals surface area contributed by atoms with Crippen molar-refractivity contribution in [3.63, 3.8) is 0 Å². The van der Waals surface area contributed by atoms with Crippen LogP contribution >= 0.6 is 11.6 Å². The van der Waals surface area contributed by atoms with E-state index in [-0.39, 0.29) is 5.88 Å². The van der Waals surface area contributed by atoms with Crippen molar-refractivity contribution in [2.75, 3.05) is 6.61 Å². The smallest absolute Gasteiger partial charge is 0.343 e. The van der Waals surface area contributed by atoms with Gasteiger partial charge in [0.25, 0.3) is 0 Å². The first-order chi connectivity index (χ1) is 15.5. The van der Waals surface area contributed by atoms with Gasteiger partial charge in [0.05, 0.1) is 18.1 Å². The van der Waals surface area contributed by atoms with E-state index in [0.717, 1.165) is 16.9 Å².